The molecule has 0 saturated carbocycles. The van der Waals surface area contributed by atoms with Crippen LogP contribution in [0.2, 0.25) is 0 Å². The van der Waals surface area contributed by atoms with Crippen LogP contribution in [0, 0.1) is 0 Å². The first-order valence-corrected chi connectivity index (χ1v) is 3.73. The van der Waals surface area contributed by atoms with Gasteiger partial charge in [-0.1, -0.05) is 6.92 Å². The van der Waals surface area contributed by atoms with E-state index < -0.39 is 18.7 Å². The van der Waals surface area contributed by atoms with Gasteiger partial charge in [0.25, 0.3) is 0 Å². The van der Waals surface area contributed by atoms with Crippen LogP contribution in [-0.2, 0) is 9.53 Å². The standard InChI is InChI=1S/C5H10O4.C3H6O/c1-2-9-5(8)4(7)3-6;1-3(2)4/h4,6-7H,2-3H2,1H3;4H,1H2,2H3/p-1/t4-;/m1./s1. The van der Waals surface area contributed by atoms with Gasteiger partial charge in [0, 0.05) is 0 Å². The summed E-state index contributed by atoms with van der Waals surface area (Å²) < 4.78 is 4.35. The van der Waals surface area contributed by atoms with Crippen LogP contribution in [0.15, 0.2) is 12.3 Å². The van der Waals surface area contributed by atoms with E-state index in [0.717, 1.165) is 0 Å². The van der Waals surface area contributed by atoms with E-state index in [1.165, 1.54) is 6.92 Å². The van der Waals surface area contributed by atoms with Crippen LogP contribution in [0.25, 0.3) is 0 Å². The van der Waals surface area contributed by atoms with Gasteiger partial charge in [-0.05, 0) is 6.92 Å². The van der Waals surface area contributed by atoms with Crippen LogP contribution in [0.4, 0.5) is 0 Å². The first kappa shape index (κ1) is 14.5. The summed E-state index contributed by atoms with van der Waals surface area (Å²) in [5.74, 6) is -0.861. The Bertz CT molecular complexity index is 151. The van der Waals surface area contributed by atoms with E-state index in [0.29, 0.717) is 0 Å². The predicted octanol–water partition coefficient (Wildman–Crippen LogP) is -1.22. The van der Waals surface area contributed by atoms with E-state index in [1.54, 1.807) is 6.92 Å². The number of aliphatic hydroxyl groups excluding tert-OH is 2. The number of ether oxygens (including phenoxy) is 1. The molecule has 5 heteroatoms. The molecule has 0 saturated heterocycles. The number of hydrogen-bond donors (Lipinski definition) is 2. The number of carbonyl (C=O) groups is 1. The molecule has 0 spiro atoms. The average Bonchev–Trinajstić information content (AvgIpc) is 2.02. The molecular weight excluding hydrogens is 176 g/mol. The van der Waals surface area contributed by atoms with Crippen molar-refractivity contribution in [3.05, 3.63) is 12.3 Å². The first-order chi connectivity index (χ1) is 5.95. The van der Waals surface area contributed by atoms with Crippen LogP contribution in [0.3, 0.4) is 0 Å². The van der Waals surface area contributed by atoms with Crippen LogP contribution >= 0.6 is 0 Å². The van der Waals surface area contributed by atoms with Gasteiger partial charge in [-0.15, -0.1) is 12.3 Å². The molecule has 0 aromatic heterocycles. The quantitative estimate of drug-likeness (QED) is 0.431. The van der Waals surface area contributed by atoms with E-state index in [2.05, 4.69) is 11.3 Å². The number of aliphatic hydroxyl groups is 2. The normalized spacial score (nSPS) is 10.8. The van der Waals surface area contributed by atoms with Gasteiger partial charge in [0.15, 0.2) is 6.10 Å². The molecule has 0 aromatic carbocycles. The maximum Gasteiger partial charge on any atom is 0.337 e. The Hall–Kier alpha value is -1.07. The van der Waals surface area contributed by atoms with Crippen molar-refractivity contribution in [3.63, 3.8) is 0 Å². The molecule has 0 amide bonds. The second-order valence-electron chi connectivity index (χ2n) is 2.15. The third-order valence-electron chi connectivity index (χ3n) is 0.732. The van der Waals surface area contributed by atoms with Crippen molar-refractivity contribution in [3.8, 4) is 0 Å². The van der Waals surface area contributed by atoms with Crippen LogP contribution in [0.5, 0.6) is 0 Å². The number of carbonyl (C=O) groups excluding carboxylic acids is 1. The Labute approximate surface area is 77.3 Å². The van der Waals surface area contributed by atoms with Crippen molar-refractivity contribution in [1.82, 2.24) is 0 Å². The minimum atomic E-state index is -1.38. The average molecular weight is 191 g/mol. The van der Waals surface area contributed by atoms with Gasteiger partial charge in [-0.3, -0.25) is 0 Å². The van der Waals surface area contributed by atoms with Crippen LogP contribution in [-0.4, -0.2) is 35.5 Å². The lowest BCUT2D eigenvalue weighted by atomic mass is 10.4. The fourth-order valence-electron chi connectivity index (χ4n) is 0.313. The Morgan fingerprint density at radius 1 is 1.69 bits per heavy atom. The molecule has 13 heavy (non-hydrogen) atoms. The molecule has 2 N–H and O–H groups in total. The maximum absolute atomic E-state index is 10.3. The first-order valence-electron chi connectivity index (χ1n) is 3.73. The monoisotopic (exact) mass is 191 g/mol. The zero-order valence-corrected chi connectivity index (χ0v) is 7.82. The van der Waals surface area contributed by atoms with Gasteiger partial charge in [0.05, 0.1) is 13.2 Å². The summed E-state index contributed by atoms with van der Waals surface area (Å²) in [6.07, 6.45) is -1.38. The van der Waals surface area contributed by atoms with E-state index in [9.17, 15) is 9.90 Å². The molecule has 0 bridgehead atoms. The number of esters is 1. The molecule has 0 heterocycles. The fourth-order valence-corrected chi connectivity index (χ4v) is 0.313. The van der Waals surface area contributed by atoms with Crippen molar-refractivity contribution in [2.24, 2.45) is 0 Å². The van der Waals surface area contributed by atoms with Gasteiger partial charge >= 0.3 is 5.97 Å². The molecule has 0 radical (unpaired) electrons. The highest BCUT2D eigenvalue weighted by Gasteiger charge is 2.13. The van der Waals surface area contributed by atoms with Crippen LogP contribution < -0.4 is 5.11 Å². The molecule has 0 aliphatic heterocycles. The third kappa shape index (κ3) is 13.9. The molecule has 78 valence electrons. The highest BCUT2D eigenvalue weighted by molar-refractivity contribution is 5.74. The van der Waals surface area contributed by atoms with Crippen molar-refractivity contribution < 1.29 is 24.9 Å². The molecule has 0 rings (SSSR count). The van der Waals surface area contributed by atoms with Crippen LogP contribution in [0.1, 0.15) is 13.8 Å². The highest BCUT2D eigenvalue weighted by atomic mass is 16.5. The largest absolute Gasteiger partial charge is 0.876 e. The molecule has 0 unspecified atom stereocenters. The van der Waals surface area contributed by atoms with Crippen molar-refractivity contribution in [1.29, 1.82) is 0 Å². The van der Waals surface area contributed by atoms with E-state index in [1.807, 2.05) is 0 Å². The van der Waals surface area contributed by atoms with Gasteiger partial charge in [-0.2, -0.15) is 0 Å². The Morgan fingerprint density at radius 3 is 2.31 bits per heavy atom. The molecule has 0 fully saturated rings. The number of hydrogen-bond acceptors (Lipinski definition) is 5. The summed E-state index contributed by atoms with van der Waals surface area (Å²) >= 11 is 0. The second kappa shape index (κ2) is 9.02. The van der Waals surface area contributed by atoms with Gasteiger partial charge in [0.1, 0.15) is 0 Å². The van der Waals surface area contributed by atoms with E-state index >= 15 is 0 Å². The van der Waals surface area contributed by atoms with E-state index in [-0.39, 0.29) is 12.4 Å². The summed E-state index contributed by atoms with van der Waals surface area (Å²) in [5, 5.41) is 26.0. The Kier molecular flexibility index (Phi) is 10.0. The summed E-state index contributed by atoms with van der Waals surface area (Å²) in [6.45, 7) is 5.68. The number of allylic oxidation sites excluding steroid dienone is 1. The topological polar surface area (TPSA) is 89.8 Å². The fraction of sp³-hybridized carbons (Fsp3) is 0.625. The predicted molar refractivity (Wildman–Crippen MR) is 44.5 cm³/mol. The third-order valence-corrected chi connectivity index (χ3v) is 0.732. The van der Waals surface area contributed by atoms with Crippen molar-refractivity contribution in [2.75, 3.05) is 13.2 Å². The SMILES string of the molecule is C=C(C)[O-].CCOC(=O)[C@H](O)CO. The van der Waals surface area contributed by atoms with Crippen molar-refractivity contribution in [2.45, 2.75) is 20.0 Å². The molecule has 0 aromatic rings. The molecule has 5 nitrogen and oxygen atoms in total. The maximum atomic E-state index is 10.3. The Morgan fingerprint density at radius 2 is 2.08 bits per heavy atom. The lowest BCUT2D eigenvalue weighted by Crippen LogP contribution is -2.26. The summed E-state index contributed by atoms with van der Waals surface area (Å²) in [6, 6.07) is 0. The smallest absolute Gasteiger partial charge is 0.337 e. The van der Waals surface area contributed by atoms with Gasteiger partial charge < -0.3 is 20.1 Å². The minimum absolute atomic E-state index is 0.0833. The lowest BCUT2D eigenvalue weighted by molar-refractivity contribution is -0.300. The summed E-state index contributed by atoms with van der Waals surface area (Å²) in [4.78, 5) is 10.3. The van der Waals surface area contributed by atoms with Gasteiger partial charge in [0.2, 0.25) is 0 Å². The lowest BCUT2D eigenvalue weighted by Gasteiger charge is -2.04. The minimum Gasteiger partial charge on any atom is -0.876 e. The zero-order valence-electron chi connectivity index (χ0n) is 7.82. The van der Waals surface area contributed by atoms with E-state index in [4.69, 9.17) is 10.2 Å². The summed E-state index contributed by atoms with van der Waals surface area (Å²) in [7, 11) is 0. The molecule has 0 aliphatic rings. The summed E-state index contributed by atoms with van der Waals surface area (Å²) in [5.41, 5.74) is 0. The van der Waals surface area contributed by atoms with Crippen molar-refractivity contribution >= 4 is 5.97 Å². The molecular formula is C8H15O5-. The molecule has 0 aliphatic carbocycles. The zero-order chi connectivity index (χ0) is 10.9. The number of rotatable bonds is 3. The second-order valence-corrected chi connectivity index (χ2v) is 2.15. The Balaban J connectivity index is 0. The van der Waals surface area contributed by atoms with Gasteiger partial charge in [-0.25, -0.2) is 4.79 Å². The highest BCUT2D eigenvalue weighted by Crippen LogP contribution is 1.85. The molecule has 1 atom stereocenters.